The second kappa shape index (κ2) is 6.92. The maximum absolute atomic E-state index is 5.69. The third-order valence-corrected chi connectivity index (χ3v) is 4.18. The zero-order valence-electron chi connectivity index (χ0n) is 14.8. The number of imidazole rings is 2. The van der Waals surface area contributed by atoms with E-state index in [2.05, 4.69) is 14.5 Å². The zero-order valence-corrected chi connectivity index (χ0v) is 14.8. The van der Waals surface area contributed by atoms with Gasteiger partial charge in [-0.1, -0.05) is 6.07 Å². The number of pyridine rings is 1. The molecule has 0 fully saturated rings. The summed E-state index contributed by atoms with van der Waals surface area (Å²) in [6.45, 7) is 3.18. The molecule has 26 heavy (non-hydrogen) atoms. The van der Waals surface area contributed by atoms with E-state index in [1.165, 1.54) is 0 Å². The molecule has 0 atom stereocenters. The molecule has 0 aliphatic heterocycles. The molecule has 3 heterocycles. The molecule has 0 saturated heterocycles. The number of ether oxygens (including phenoxy) is 2. The first-order chi connectivity index (χ1) is 12.8. The fraction of sp³-hybridized carbons (Fsp3) is 0.200. The van der Waals surface area contributed by atoms with E-state index in [1.54, 1.807) is 13.3 Å². The highest BCUT2D eigenvalue weighted by molar-refractivity contribution is 5.61. The molecule has 0 unspecified atom stereocenters. The van der Waals surface area contributed by atoms with Gasteiger partial charge in [0.2, 0.25) is 0 Å². The van der Waals surface area contributed by atoms with Crippen molar-refractivity contribution in [2.75, 3.05) is 13.7 Å². The van der Waals surface area contributed by atoms with E-state index in [0.29, 0.717) is 18.9 Å². The maximum atomic E-state index is 5.69. The maximum Gasteiger partial charge on any atom is 0.161 e. The Balaban J connectivity index is 1.67. The topological polar surface area (TPSA) is 53.6 Å². The minimum atomic E-state index is 0.579. The van der Waals surface area contributed by atoms with Gasteiger partial charge in [0.05, 0.1) is 26.0 Å². The summed E-state index contributed by atoms with van der Waals surface area (Å²) in [6, 6.07) is 11.8. The zero-order chi connectivity index (χ0) is 17.9. The Morgan fingerprint density at radius 2 is 2.00 bits per heavy atom. The van der Waals surface area contributed by atoms with Gasteiger partial charge in [-0.05, 0) is 37.3 Å². The highest BCUT2D eigenvalue weighted by Crippen LogP contribution is 2.32. The smallest absolute Gasteiger partial charge is 0.161 e. The van der Waals surface area contributed by atoms with Crippen LogP contribution in [0.15, 0.2) is 61.2 Å². The highest BCUT2D eigenvalue weighted by Gasteiger charge is 2.12. The average molecular weight is 348 g/mol. The Kier molecular flexibility index (Phi) is 4.31. The quantitative estimate of drug-likeness (QED) is 0.534. The molecule has 0 bridgehead atoms. The van der Waals surface area contributed by atoms with E-state index in [0.717, 1.165) is 28.5 Å². The summed E-state index contributed by atoms with van der Waals surface area (Å²) >= 11 is 0. The van der Waals surface area contributed by atoms with Crippen LogP contribution in [0.3, 0.4) is 0 Å². The fourth-order valence-electron chi connectivity index (χ4n) is 3.02. The van der Waals surface area contributed by atoms with Crippen molar-refractivity contribution in [2.24, 2.45) is 0 Å². The second-order valence-corrected chi connectivity index (χ2v) is 5.88. The van der Waals surface area contributed by atoms with Gasteiger partial charge in [0.1, 0.15) is 11.5 Å². The van der Waals surface area contributed by atoms with Crippen LogP contribution in [0.5, 0.6) is 11.5 Å². The van der Waals surface area contributed by atoms with Crippen molar-refractivity contribution in [1.82, 2.24) is 18.9 Å². The van der Waals surface area contributed by atoms with Crippen LogP contribution >= 0.6 is 0 Å². The number of nitrogens with zero attached hydrogens (tertiary/aromatic N) is 4. The normalized spacial score (nSPS) is 11.0. The SMILES string of the molecule is CCOc1cc(-c2nccn2Cc2cn3ccccc3n2)ccc1OC. The van der Waals surface area contributed by atoms with Crippen molar-refractivity contribution in [3.63, 3.8) is 0 Å². The minimum absolute atomic E-state index is 0.579. The van der Waals surface area contributed by atoms with Crippen molar-refractivity contribution in [1.29, 1.82) is 0 Å². The van der Waals surface area contributed by atoms with Crippen LogP contribution in [0.25, 0.3) is 17.0 Å². The monoisotopic (exact) mass is 348 g/mol. The summed E-state index contributed by atoms with van der Waals surface area (Å²) in [5, 5.41) is 0. The molecule has 0 aliphatic carbocycles. The lowest BCUT2D eigenvalue weighted by Crippen LogP contribution is -2.02. The van der Waals surface area contributed by atoms with E-state index in [4.69, 9.17) is 9.47 Å². The van der Waals surface area contributed by atoms with Crippen molar-refractivity contribution in [3.05, 3.63) is 66.9 Å². The highest BCUT2D eigenvalue weighted by atomic mass is 16.5. The molecule has 6 nitrogen and oxygen atoms in total. The molecule has 6 heteroatoms. The lowest BCUT2D eigenvalue weighted by atomic mass is 10.2. The standard InChI is InChI=1S/C20H20N4O2/c1-3-26-18-12-15(7-8-17(18)25-2)20-21-9-11-24(20)14-16-13-23-10-5-4-6-19(23)22-16/h4-13H,3,14H2,1-2H3. The summed E-state index contributed by atoms with van der Waals surface area (Å²) in [6.07, 6.45) is 7.80. The van der Waals surface area contributed by atoms with Gasteiger partial charge < -0.3 is 18.4 Å². The van der Waals surface area contributed by atoms with Crippen LogP contribution in [-0.4, -0.2) is 32.7 Å². The summed E-state index contributed by atoms with van der Waals surface area (Å²) in [5.74, 6) is 2.30. The van der Waals surface area contributed by atoms with Gasteiger partial charge in [0.15, 0.2) is 11.5 Å². The van der Waals surface area contributed by atoms with Gasteiger partial charge in [0.25, 0.3) is 0 Å². The van der Waals surface area contributed by atoms with Gasteiger partial charge in [-0.25, -0.2) is 9.97 Å². The molecular formula is C20H20N4O2. The van der Waals surface area contributed by atoms with Crippen LogP contribution < -0.4 is 9.47 Å². The first-order valence-electron chi connectivity index (χ1n) is 8.53. The molecule has 0 aliphatic rings. The molecule has 132 valence electrons. The van der Waals surface area contributed by atoms with E-state index in [1.807, 2.05) is 66.3 Å². The van der Waals surface area contributed by atoms with Crippen LogP contribution in [0, 0.1) is 0 Å². The van der Waals surface area contributed by atoms with Crippen molar-refractivity contribution < 1.29 is 9.47 Å². The van der Waals surface area contributed by atoms with Crippen LogP contribution in [0.2, 0.25) is 0 Å². The van der Waals surface area contributed by atoms with Gasteiger partial charge in [-0.2, -0.15) is 0 Å². The number of rotatable bonds is 6. The van der Waals surface area contributed by atoms with E-state index >= 15 is 0 Å². The molecule has 0 radical (unpaired) electrons. The van der Waals surface area contributed by atoms with Crippen molar-refractivity contribution in [2.45, 2.75) is 13.5 Å². The fourth-order valence-corrected chi connectivity index (χ4v) is 3.02. The predicted octanol–water partition coefficient (Wildman–Crippen LogP) is 3.65. The molecule has 1 aromatic carbocycles. The lowest BCUT2D eigenvalue weighted by Gasteiger charge is -2.12. The van der Waals surface area contributed by atoms with E-state index in [9.17, 15) is 0 Å². The first-order valence-corrected chi connectivity index (χ1v) is 8.53. The largest absolute Gasteiger partial charge is 0.493 e. The van der Waals surface area contributed by atoms with Gasteiger partial charge in [0, 0.05) is 30.4 Å². The Morgan fingerprint density at radius 1 is 1.08 bits per heavy atom. The lowest BCUT2D eigenvalue weighted by molar-refractivity contribution is 0.311. The van der Waals surface area contributed by atoms with Crippen molar-refractivity contribution in [3.8, 4) is 22.9 Å². The third-order valence-electron chi connectivity index (χ3n) is 4.18. The first kappa shape index (κ1) is 16.2. The average Bonchev–Trinajstić information content (AvgIpc) is 3.28. The molecule has 0 amide bonds. The Hall–Kier alpha value is -3.28. The number of aromatic nitrogens is 4. The minimum Gasteiger partial charge on any atom is -0.493 e. The molecule has 3 aromatic heterocycles. The van der Waals surface area contributed by atoms with Crippen LogP contribution in [0.1, 0.15) is 12.6 Å². The molecule has 0 spiro atoms. The summed E-state index contributed by atoms with van der Waals surface area (Å²) in [7, 11) is 1.64. The van der Waals surface area contributed by atoms with Gasteiger partial charge in [-0.15, -0.1) is 0 Å². The third kappa shape index (κ3) is 3.01. The number of methoxy groups -OCH3 is 1. The Labute approximate surface area is 151 Å². The molecule has 4 rings (SSSR count). The predicted molar refractivity (Wildman–Crippen MR) is 99.7 cm³/mol. The van der Waals surface area contributed by atoms with Crippen LogP contribution in [0.4, 0.5) is 0 Å². The van der Waals surface area contributed by atoms with Crippen LogP contribution in [-0.2, 0) is 6.54 Å². The van der Waals surface area contributed by atoms with E-state index < -0.39 is 0 Å². The Bertz CT molecular complexity index is 1000. The van der Waals surface area contributed by atoms with Gasteiger partial charge >= 0.3 is 0 Å². The number of benzene rings is 1. The summed E-state index contributed by atoms with van der Waals surface area (Å²) in [4.78, 5) is 9.19. The summed E-state index contributed by atoms with van der Waals surface area (Å²) in [5.41, 5.74) is 2.89. The van der Waals surface area contributed by atoms with E-state index in [-0.39, 0.29) is 0 Å². The molecule has 4 aromatic rings. The van der Waals surface area contributed by atoms with Gasteiger partial charge in [-0.3, -0.25) is 0 Å². The molecule has 0 N–H and O–H groups in total. The molecular weight excluding hydrogens is 328 g/mol. The van der Waals surface area contributed by atoms with Crippen molar-refractivity contribution >= 4 is 5.65 Å². The summed E-state index contributed by atoms with van der Waals surface area (Å²) < 4.78 is 15.2. The number of hydrogen-bond acceptors (Lipinski definition) is 4. The number of fused-ring (bicyclic) bond motifs is 1. The second-order valence-electron chi connectivity index (χ2n) is 5.88. The Morgan fingerprint density at radius 3 is 2.81 bits per heavy atom. The number of hydrogen-bond donors (Lipinski definition) is 0. The molecule has 0 saturated carbocycles.